The van der Waals surface area contributed by atoms with Crippen molar-refractivity contribution in [3.8, 4) is 22.5 Å². The molecule has 222 valence electrons. The molecule has 3 N–H and O–H groups in total. The highest BCUT2D eigenvalue weighted by atomic mass is 35.5. The summed E-state index contributed by atoms with van der Waals surface area (Å²) in [5.41, 5.74) is 4.70. The summed E-state index contributed by atoms with van der Waals surface area (Å²) < 4.78 is 1.98. The third-order valence-electron chi connectivity index (χ3n) is 6.96. The number of unbranched alkanes of at least 4 members (excludes halogenated alkanes) is 1. The first-order valence-corrected chi connectivity index (χ1v) is 14.0. The van der Waals surface area contributed by atoms with E-state index in [1.165, 1.54) is 0 Å². The predicted molar refractivity (Wildman–Crippen MR) is 156 cm³/mol. The Labute approximate surface area is 252 Å². The fourth-order valence-electron chi connectivity index (χ4n) is 4.77. The molecule has 0 unspecified atom stereocenters. The van der Waals surface area contributed by atoms with Crippen molar-refractivity contribution in [3.63, 3.8) is 0 Å². The van der Waals surface area contributed by atoms with Gasteiger partial charge in [0.05, 0.1) is 24.3 Å². The Balaban J connectivity index is 1.39. The summed E-state index contributed by atoms with van der Waals surface area (Å²) in [6.45, 7) is 2.19. The number of halogens is 1. The first-order valence-electron chi connectivity index (χ1n) is 13.7. The summed E-state index contributed by atoms with van der Waals surface area (Å²) in [7, 11) is 0. The zero-order valence-electron chi connectivity index (χ0n) is 23.3. The molecule has 0 saturated carbocycles. The van der Waals surface area contributed by atoms with Crippen molar-refractivity contribution in [2.24, 2.45) is 0 Å². The Morgan fingerprint density at radius 1 is 1.00 bits per heavy atom. The normalized spacial score (nSPS) is 11.4. The monoisotopic (exact) mass is 603 g/mol. The van der Waals surface area contributed by atoms with Crippen LogP contribution in [0.15, 0.2) is 72.8 Å². The molecule has 0 saturated heterocycles. The van der Waals surface area contributed by atoms with Gasteiger partial charge in [0, 0.05) is 24.1 Å². The summed E-state index contributed by atoms with van der Waals surface area (Å²) >= 11 is 6.31. The van der Waals surface area contributed by atoms with Crippen molar-refractivity contribution in [2.75, 3.05) is 0 Å². The molecule has 0 radical (unpaired) electrons. The van der Waals surface area contributed by atoms with Gasteiger partial charge in [-0.3, -0.25) is 15.2 Å². The van der Waals surface area contributed by atoms with Crippen LogP contribution < -0.4 is 0 Å². The Hall–Kier alpha value is -4.30. The van der Waals surface area contributed by atoms with E-state index in [1.807, 2.05) is 53.1 Å². The molecular weight excluding hydrogens is 574 g/mol. The maximum absolute atomic E-state index is 13.2. The number of carbonyl (C=O) groups excluding carboxylic acids is 1. The second kappa shape index (κ2) is 13.8. The van der Waals surface area contributed by atoms with E-state index in [1.54, 1.807) is 24.3 Å². The molecule has 0 atom stereocenters. The van der Waals surface area contributed by atoms with Crippen molar-refractivity contribution < 1.29 is 25.2 Å². The molecule has 0 aliphatic heterocycles. The molecule has 5 aromatic rings. The highest BCUT2D eigenvalue weighted by Gasteiger charge is 2.20. The van der Waals surface area contributed by atoms with Crippen molar-refractivity contribution in [3.05, 3.63) is 106 Å². The van der Waals surface area contributed by atoms with Crippen LogP contribution in [0, 0.1) is 0 Å². The fourth-order valence-corrected chi connectivity index (χ4v) is 5.03. The van der Waals surface area contributed by atoms with Crippen molar-refractivity contribution in [1.82, 2.24) is 35.1 Å². The highest BCUT2D eigenvalue weighted by molar-refractivity contribution is 6.30. The van der Waals surface area contributed by atoms with Crippen LogP contribution >= 0.6 is 11.6 Å². The van der Waals surface area contributed by atoms with Crippen LogP contribution in [0.2, 0.25) is 5.15 Å². The molecule has 0 bridgehead atoms. The first kappa shape index (κ1) is 30.2. The fraction of sp³-hybridized carbons (Fsp3) is 0.233. The minimum Gasteiger partial charge on any atom is -0.390 e. The summed E-state index contributed by atoms with van der Waals surface area (Å²) in [5, 5.41) is 40.1. The molecule has 5 rings (SSSR count). The minimum atomic E-state index is -0.553. The average Bonchev–Trinajstić information content (AvgIpc) is 3.63. The molecule has 13 heteroatoms. The van der Waals surface area contributed by atoms with E-state index in [4.69, 9.17) is 22.0 Å². The summed E-state index contributed by atoms with van der Waals surface area (Å²) in [4.78, 5) is 23.2. The highest BCUT2D eigenvalue weighted by Crippen LogP contribution is 2.30. The van der Waals surface area contributed by atoms with Gasteiger partial charge >= 0.3 is 0 Å². The smallest absolute Gasteiger partial charge is 0.297 e. The molecular formula is C30H30ClN7O5. The van der Waals surface area contributed by atoms with Gasteiger partial charge in [0.25, 0.3) is 5.91 Å². The van der Waals surface area contributed by atoms with Crippen LogP contribution in [0.5, 0.6) is 0 Å². The Morgan fingerprint density at radius 2 is 1.72 bits per heavy atom. The van der Waals surface area contributed by atoms with Gasteiger partial charge in [0.2, 0.25) is 5.82 Å². The number of aryl methyl sites for hydroxylation is 1. The van der Waals surface area contributed by atoms with Gasteiger partial charge in [-0.05, 0) is 40.0 Å². The zero-order valence-corrected chi connectivity index (χ0v) is 24.1. The van der Waals surface area contributed by atoms with Crippen LogP contribution in [0.3, 0.4) is 0 Å². The van der Waals surface area contributed by atoms with E-state index < -0.39 is 11.3 Å². The number of rotatable bonds is 12. The number of aromatic nitrogens is 6. The lowest BCUT2D eigenvalue weighted by molar-refractivity contribution is -0.497. The standard InChI is InChI=1S/C30H30ClN7O5/c1-2-3-12-27-32-28(31)26(18-39)36(27)17-20-13-15-21(16-14-20)23-9-6-7-11-25(23)29-33-35-37(34-29)30(40)24-10-5-4-8-22(24)19-43-38(41)42/h4-11,13-16,39,41-42H,2-3,12,17-19H2,1H3. The summed E-state index contributed by atoms with van der Waals surface area (Å²) in [6, 6.07) is 22.1. The molecule has 2 aromatic heterocycles. The topological polar surface area (TPSA) is 152 Å². The molecule has 0 spiro atoms. The largest absolute Gasteiger partial charge is 0.390 e. The van der Waals surface area contributed by atoms with E-state index in [0.717, 1.165) is 46.6 Å². The lowest BCUT2D eigenvalue weighted by Crippen LogP contribution is -2.19. The van der Waals surface area contributed by atoms with E-state index in [0.29, 0.717) is 28.5 Å². The third-order valence-corrected chi connectivity index (χ3v) is 7.26. The summed E-state index contributed by atoms with van der Waals surface area (Å²) in [6.07, 6.45) is 2.78. The summed E-state index contributed by atoms with van der Waals surface area (Å²) in [5.74, 6) is 0.565. The molecule has 0 amide bonds. The number of carbonyl (C=O) groups is 1. The van der Waals surface area contributed by atoms with Crippen molar-refractivity contribution >= 4 is 17.5 Å². The molecule has 43 heavy (non-hydrogen) atoms. The number of hydrogen-bond donors (Lipinski definition) is 3. The van der Waals surface area contributed by atoms with Crippen molar-refractivity contribution in [2.45, 2.75) is 45.9 Å². The molecule has 3 aromatic carbocycles. The number of aliphatic hydroxyl groups is 1. The second-order valence-electron chi connectivity index (χ2n) is 9.75. The van der Waals surface area contributed by atoms with Gasteiger partial charge in [-0.2, -0.15) is 0 Å². The minimum absolute atomic E-state index is 0.192. The van der Waals surface area contributed by atoms with Gasteiger partial charge < -0.3 is 9.67 Å². The third kappa shape index (κ3) is 6.86. The lowest BCUT2D eigenvalue weighted by atomic mass is 9.98. The number of imidazole rings is 1. The Bertz CT molecular complexity index is 1700. The molecule has 0 fully saturated rings. The predicted octanol–water partition coefficient (Wildman–Crippen LogP) is 4.94. The van der Waals surface area contributed by atoms with Crippen LogP contribution in [-0.4, -0.2) is 56.6 Å². The second-order valence-corrected chi connectivity index (χ2v) is 10.1. The Morgan fingerprint density at radius 3 is 2.44 bits per heavy atom. The van der Waals surface area contributed by atoms with Crippen LogP contribution in [0.25, 0.3) is 22.5 Å². The van der Waals surface area contributed by atoms with Gasteiger partial charge in [0.1, 0.15) is 5.82 Å². The number of aliphatic hydroxyl groups excluding tert-OH is 1. The Kier molecular flexibility index (Phi) is 9.67. The van der Waals surface area contributed by atoms with E-state index >= 15 is 0 Å². The van der Waals surface area contributed by atoms with Gasteiger partial charge in [0.15, 0.2) is 5.15 Å². The van der Waals surface area contributed by atoms with Crippen LogP contribution in [0.4, 0.5) is 0 Å². The van der Waals surface area contributed by atoms with Gasteiger partial charge in [-0.15, -0.1) is 10.2 Å². The quantitative estimate of drug-likeness (QED) is 0.167. The molecule has 12 nitrogen and oxygen atoms in total. The van der Waals surface area contributed by atoms with Gasteiger partial charge in [-0.25, -0.2) is 9.82 Å². The lowest BCUT2D eigenvalue weighted by Gasteiger charge is -2.12. The van der Waals surface area contributed by atoms with Gasteiger partial charge in [-0.1, -0.05) is 96.5 Å². The average molecular weight is 604 g/mol. The van der Waals surface area contributed by atoms with E-state index in [9.17, 15) is 9.90 Å². The first-order chi connectivity index (χ1) is 20.9. The number of nitrogens with zero attached hydrogens (tertiary/aromatic N) is 7. The number of tetrazole rings is 1. The zero-order chi connectivity index (χ0) is 30.3. The maximum atomic E-state index is 13.2. The molecule has 0 aliphatic rings. The molecule has 2 heterocycles. The number of benzene rings is 3. The van der Waals surface area contributed by atoms with E-state index in [-0.39, 0.29) is 24.6 Å². The maximum Gasteiger partial charge on any atom is 0.297 e. The van der Waals surface area contributed by atoms with Crippen molar-refractivity contribution in [1.29, 1.82) is 0 Å². The van der Waals surface area contributed by atoms with Crippen LogP contribution in [0.1, 0.15) is 52.8 Å². The number of hydrogen-bond acceptors (Lipinski definition) is 10. The molecule has 0 aliphatic carbocycles. The SMILES string of the molecule is CCCCc1nc(Cl)c(CO)n1Cc1ccc(-c2ccccc2-c2nnn(C(=O)c3ccccc3CON(O)O)n2)cc1. The van der Waals surface area contributed by atoms with E-state index in [2.05, 4.69) is 32.2 Å². The van der Waals surface area contributed by atoms with Crippen LogP contribution in [-0.2, 0) is 31.0 Å².